The first-order chi connectivity index (χ1) is 17.0. The zero-order chi connectivity index (χ0) is 27.4. The highest BCUT2D eigenvalue weighted by molar-refractivity contribution is 14.1. The van der Waals surface area contributed by atoms with Crippen LogP contribution in [0.1, 0.15) is 62.1 Å². The summed E-state index contributed by atoms with van der Waals surface area (Å²) in [4.78, 5) is 28.1. The van der Waals surface area contributed by atoms with E-state index in [1.807, 2.05) is 20.8 Å². The van der Waals surface area contributed by atoms with Gasteiger partial charge in [0.15, 0.2) is 5.78 Å². The van der Waals surface area contributed by atoms with Crippen LogP contribution in [0.5, 0.6) is 0 Å². The van der Waals surface area contributed by atoms with E-state index >= 15 is 0 Å². The number of esters is 1. The molecule has 0 aliphatic carbocycles. The fourth-order valence-electron chi connectivity index (χ4n) is 3.18. The van der Waals surface area contributed by atoms with Gasteiger partial charge in [0, 0.05) is 15.7 Å². The number of halogens is 2. The average molecular weight is 721 g/mol. The molecule has 1 rings (SSSR count). The molecule has 1 aromatic heterocycles. The molecule has 0 radical (unpaired) electrons. The SMILES string of the molecule is C=Cc1oc(CC(=O)O[C@@H](C)C(C)C)c(C(=O)/C=C/C(I)=C(/OCCN(CC)CC)C(=C)I)c1C=C. The number of ether oxygens (including phenoxy) is 2. The third kappa shape index (κ3) is 9.66. The topological polar surface area (TPSA) is 69.0 Å². The molecule has 0 unspecified atom stereocenters. The quantitative estimate of drug-likeness (QED) is 0.0443. The number of carbonyl (C=O) groups is 2. The number of allylic oxidation sites excluding steroid dienone is 4. The van der Waals surface area contributed by atoms with Crippen molar-refractivity contribution in [1.82, 2.24) is 4.90 Å². The molecule has 36 heavy (non-hydrogen) atoms. The average Bonchev–Trinajstić information content (AvgIpc) is 3.19. The molecule has 6 nitrogen and oxygen atoms in total. The predicted molar refractivity (Wildman–Crippen MR) is 164 cm³/mol. The highest BCUT2D eigenvalue weighted by Gasteiger charge is 2.25. The maximum atomic E-state index is 13.3. The normalized spacial score (nSPS) is 13.0. The minimum atomic E-state index is -0.464. The van der Waals surface area contributed by atoms with Crippen molar-refractivity contribution < 1.29 is 23.5 Å². The van der Waals surface area contributed by atoms with Gasteiger partial charge in [-0.2, -0.15) is 0 Å². The first kappa shape index (κ1) is 32.4. The summed E-state index contributed by atoms with van der Waals surface area (Å²) in [7, 11) is 0. The number of hydrogen-bond donors (Lipinski definition) is 0. The summed E-state index contributed by atoms with van der Waals surface area (Å²) >= 11 is 4.24. The van der Waals surface area contributed by atoms with Gasteiger partial charge in [0.2, 0.25) is 0 Å². The predicted octanol–water partition coefficient (Wildman–Crippen LogP) is 7.39. The Morgan fingerprint density at radius 2 is 1.72 bits per heavy atom. The van der Waals surface area contributed by atoms with Crippen molar-refractivity contribution in [1.29, 1.82) is 0 Å². The van der Waals surface area contributed by atoms with Crippen molar-refractivity contribution >= 4 is 69.1 Å². The second kappa shape index (κ2) is 16.2. The summed E-state index contributed by atoms with van der Waals surface area (Å²) in [6.45, 7) is 24.8. The smallest absolute Gasteiger partial charge is 0.313 e. The largest absolute Gasteiger partial charge is 0.490 e. The zero-order valence-electron chi connectivity index (χ0n) is 21.9. The molecule has 0 amide bonds. The number of furan rings is 1. The number of nitrogens with zero attached hydrogens (tertiary/aromatic N) is 1. The zero-order valence-corrected chi connectivity index (χ0v) is 26.2. The van der Waals surface area contributed by atoms with E-state index in [4.69, 9.17) is 13.9 Å². The molecule has 8 heteroatoms. The molecule has 0 saturated heterocycles. The van der Waals surface area contributed by atoms with E-state index in [0.29, 0.717) is 23.7 Å². The van der Waals surface area contributed by atoms with Gasteiger partial charge in [-0.05, 0) is 89.3 Å². The Kier molecular flexibility index (Phi) is 14.6. The van der Waals surface area contributed by atoms with Gasteiger partial charge in [0.25, 0.3) is 0 Å². The van der Waals surface area contributed by atoms with Gasteiger partial charge in [0.1, 0.15) is 36.4 Å². The van der Waals surface area contributed by atoms with Gasteiger partial charge >= 0.3 is 5.97 Å². The van der Waals surface area contributed by atoms with Gasteiger partial charge in [-0.25, -0.2) is 0 Å². The summed E-state index contributed by atoms with van der Waals surface area (Å²) in [5.74, 6) is 0.621. The van der Waals surface area contributed by atoms with Crippen molar-refractivity contribution in [3.8, 4) is 0 Å². The maximum Gasteiger partial charge on any atom is 0.313 e. The monoisotopic (exact) mass is 721 g/mol. The Hall–Kier alpha value is -1.66. The van der Waals surface area contributed by atoms with E-state index in [1.54, 1.807) is 6.08 Å². The van der Waals surface area contributed by atoms with Crippen LogP contribution in [0.25, 0.3) is 12.2 Å². The Morgan fingerprint density at radius 1 is 1.08 bits per heavy atom. The molecule has 1 heterocycles. The molecule has 0 spiro atoms. The number of rotatable bonds is 16. The van der Waals surface area contributed by atoms with Crippen LogP contribution < -0.4 is 0 Å². The summed E-state index contributed by atoms with van der Waals surface area (Å²) in [6.07, 6.45) is 5.72. The number of ketones is 1. The molecule has 0 aliphatic heterocycles. The van der Waals surface area contributed by atoms with Crippen LogP contribution in [0.2, 0.25) is 0 Å². The molecular weight excluding hydrogens is 684 g/mol. The van der Waals surface area contributed by atoms with Gasteiger partial charge in [0.05, 0.1) is 9.14 Å². The maximum absolute atomic E-state index is 13.3. The standard InChI is InChI=1S/C28H37I2NO5/c1-9-21-24(10-2)36-25(17-26(33)35-20(8)18(5)6)27(21)23(32)14-13-22(30)28(19(7)29)34-16-15-31(11-3)12-4/h9-10,13-14,18,20H,1-2,7,11-12,15-17H2,3-6,8H3/b14-13+,28-22-/t20-/m0/s1. The van der Waals surface area contributed by atoms with Gasteiger partial charge in [-0.15, -0.1) is 0 Å². The number of carbonyl (C=O) groups excluding carboxylic acids is 2. The second-order valence-electron chi connectivity index (χ2n) is 8.36. The summed E-state index contributed by atoms with van der Waals surface area (Å²) < 4.78 is 18.7. The lowest BCUT2D eigenvalue weighted by atomic mass is 10.0. The molecule has 0 bridgehead atoms. The van der Waals surface area contributed by atoms with Crippen LogP contribution in [-0.4, -0.2) is 49.0 Å². The Morgan fingerprint density at radius 3 is 2.22 bits per heavy atom. The molecule has 0 fully saturated rings. The summed E-state index contributed by atoms with van der Waals surface area (Å²) in [5.41, 5.74) is 0.763. The molecule has 1 aromatic rings. The fraction of sp³-hybridized carbons (Fsp3) is 0.429. The molecule has 0 N–H and O–H groups in total. The lowest BCUT2D eigenvalue weighted by Crippen LogP contribution is -2.27. The van der Waals surface area contributed by atoms with Crippen molar-refractivity contribution in [2.24, 2.45) is 5.92 Å². The van der Waals surface area contributed by atoms with E-state index in [0.717, 1.165) is 26.8 Å². The highest BCUT2D eigenvalue weighted by atomic mass is 127. The second-order valence-corrected chi connectivity index (χ2v) is 10.8. The van der Waals surface area contributed by atoms with E-state index < -0.39 is 5.97 Å². The van der Waals surface area contributed by atoms with E-state index in [9.17, 15) is 9.59 Å². The van der Waals surface area contributed by atoms with Crippen molar-refractivity contribution in [2.75, 3.05) is 26.2 Å². The van der Waals surface area contributed by atoms with Crippen molar-refractivity contribution in [3.63, 3.8) is 0 Å². The van der Waals surface area contributed by atoms with Crippen LogP contribution in [-0.2, 0) is 20.7 Å². The van der Waals surface area contributed by atoms with Gasteiger partial charge < -0.3 is 18.8 Å². The van der Waals surface area contributed by atoms with Gasteiger partial charge in [-0.1, -0.05) is 53.5 Å². The van der Waals surface area contributed by atoms with Crippen LogP contribution >= 0.6 is 45.2 Å². The Labute approximate surface area is 242 Å². The lowest BCUT2D eigenvalue weighted by Gasteiger charge is -2.19. The first-order valence-electron chi connectivity index (χ1n) is 11.9. The molecule has 198 valence electrons. The van der Waals surface area contributed by atoms with E-state index in [-0.39, 0.29) is 35.5 Å². The fourth-order valence-corrected chi connectivity index (χ4v) is 4.80. The van der Waals surface area contributed by atoms with Crippen molar-refractivity contribution in [3.05, 3.63) is 67.5 Å². The van der Waals surface area contributed by atoms with Crippen molar-refractivity contribution in [2.45, 2.75) is 47.1 Å². The summed E-state index contributed by atoms with van der Waals surface area (Å²) in [6, 6.07) is 0. The van der Waals surface area contributed by atoms with Crippen LogP contribution in [0.4, 0.5) is 0 Å². The van der Waals surface area contributed by atoms with Crippen LogP contribution in [0.3, 0.4) is 0 Å². The Bertz CT molecular complexity index is 1020. The van der Waals surface area contributed by atoms with E-state index in [2.05, 4.69) is 83.7 Å². The molecule has 0 saturated carbocycles. The van der Waals surface area contributed by atoms with Crippen LogP contribution in [0.15, 0.2) is 49.2 Å². The van der Waals surface area contributed by atoms with Crippen LogP contribution in [0, 0.1) is 5.92 Å². The summed E-state index contributed by atoms with van der Waals surface area (Å²) in [5, 5.41) is 0. The highest BCUT2D eigenvalue weighted by Crippen LogP contribution is 2.29. The number of hydrogen-bond acceptors (Lipinski definition) is 6. The van der Waals surface area contributed by atoms with Gasteiger partial charge in [-0.3, -0.25) is 9.59 Å². The van der Waals surface area contributed by atoms with E-state index in [1.165, 1.54) is 18.2 Å². The number of likely N-dealkylation sites (N-methyl/N-ethyl adjacent to an activating group) is 1. The molecule has 0 aliphatic rings. The molecule has 1 atom stereocenters. The molecule has 0 aromatic carbocycles. The minimum absolute atomic E-state index is 0.169. The third-order valence-corrected chi connectivity index (χ3v) is 6.98. The Balaban J connectivity index is 3.22. The lowest BCUT2D eigenvalue weighted by molar-refractivity contribution is -0.149. The molecular formula is C28H37I2NO5. The minimum Gasteiger partial charge on any atom is -0.490 e. The first-order valence-corrected chi connectivity index (χ1v) is 14.1. The third-order valence-electron chi connectivity index (χ3n) is 5.64.